The highest BCUT2D eigenvalue weighted by Crippen LogP contribution is 2.17. The molecule has 0 aliphatic carbocycles. The summed E-state index contributed by atoms with van der Waals surface area (Å²) in [4.78, 5) is 22.5. The molecule has 0 fully saturated rings. The van der Waals surface area contributed by atoms with Crippen molar-refractivity contribution in [1.82, 2.24) is 0 Å². The zero-order valence-corrected chi connectivity index (χ0v) is 11.2. The molecule has 2 atom stereocenters. The van der Waals surface area contributed by atoms with E-state index in [2.05, 4.69) is 12.6 Å². The van der Waals surface area contributed by atoms with E-state index in [1.54, 1.807) is 21.1 Å². The first kappa shape index (κ1) is 16.4. The van der Waals surface area contributed by atoms with E-state index in [4.69, 9.17) is 5.73 Å². The molecule has 0 aromatic carbocycles. The van der Waals surface area contributed by atoms with Crippen molar-refractivity contribution in [3.05, 3.63) is 0 Å². The number of thiol groups is 1. The molecule has 0 amide bonds. The highest BCUT2D eigenvalue weighted by Gasteiger charge is 2.43. The van der Waals surface area contributed by atoms with Gasteiger partial charge in [-0.25, -0.2) is 0 Å². The summed E-state index contributed by atoms with van der Waals surface area (Å²) in [5.74, 6) is -2.16. The van der Waals surface area contributed by atoms with Crippen molar-refractivity contribution >= 4 is 24.4 Å². The molecule has 17 heavy (non-hydrogen) atoms. The number of aliphatic carboxylic acids is 1. The third-order valence-electron chi connectivity index (χ3n) is 2.16. The molecular formula is C10H20N2O4S. The fourth-order valence-electron chi connectivity index (χ4n) is 1.67. The Morgan fingerprint density at radius 1 is 1.47 bits per heavy atom. The smallest absolute Gasteiger partial charge is 0.188 e. The number of carboxylic acids is 1. The van der Waals surface area contributed by atoms with Crippen LogP contribution in [0.4, 0.5) is 0 Å². The summed E-state index contributed by atoms with van der Waals surface area (Å²) < 4.78 is 0.231. The van der Waals surface area contributed by atoms with Crippen molar-refractivity contribution in [1.29, 1.82) is 0 Å². The lowest BCUT2D eigenvalue weighted by molar-refractivity contribution is -0.875. The van der Waals surface area contributed by atoms with Gasteiger partial charge in [0.2, 0.25) is 0 Å². The van der Waals surface area contributed by atoms with E-state index < -0.39 is 29.8 Å². The van der Waals surface area contributed by atoms with E-state index in [1.165, 1.54) is 0 Å². The second-order valence-corrected chi connectivity index (χ2v) is 5.55. The van der Waals surface area contributed by atoms with E-state index in [-0.39, 0.29) is 16.8 Å². The summed E-state index contributed by atoms with van der Waals surface area (Å²) in [6.07, 6.45) is -0.761. The largest absolute Gasteiger partial charge is 0.550 e. The van der Waals surface area contributed by atoms with Crippen LogP contribution in [0, 0.1) is 0 Å². The fraction of sp³-hybridized carbons (Fsp3) is 0.800. The van der Waals surface area contributed by atoms with Crippen LogP contribution in [0.2, 0.25) is 0 Å². The van der Waals surface area contributed by atoms with Crippen LogP contribution in [-0.4, -0.2) is 66.4 Å². The second kappa shape index (κ2) is 5.81. The maximum atomic E-state index is 11.9. The third-order valence-corrected chi connectivity index (χ3v) is 2.56. The van der Waals surface area contributed by atoms with Gasteiger partial charge in [0.25, 0.3) is 0 Å². The number of carboxylic acid groups (broad SMARTS) is 1. The summed E-state index contributed by atoms with van der Waals surface area (Å²) in [5.41, 5.74) is 3.48. The van der Waals surface area contributed by atoms with Gasteiger partial charge in [-0.05, 0) is 0 Å². The minimum atomic E-state index is -2.01. The van der Waals surface area contributed by atoms with Crippen molar-refractivity contribution in [3.63, 3.8) is 0 Å². The number of aliphatic hydroxyl groups is 1. The van der Waals surface area contributed by atoms with Crippen LogP contribution in [0.5, 0.6) is 0 Å². The quantitative estimate of drug-likeness (QED) is 0.345. The average Bonchev–Trinajstić information content (AvgIpc) is 2.10. The number of carbonyl (C=O) groups is 2. The number of quaternary nitrogens is 1. The van der Waals surface area contributed by atoms with Crippen LogP contribution in [0.15, 0.2) is 0 Å². The number of nitrogens with zero attached hydrogens (tertiary/aromatic N) is 1. The maximum absolute atomic E-state index is 11.9. The van der Waals surface area contributed by atoms with Gasteiger partial charge in [0, 0.05) is 18.1 Å². The lowest BCUT2D eigenvalue weighted by Gasteiger charge is -2.35. The number of ketones is 1. The predicted octanol–water partition coefficient (Wildman–Crippen LogP) is -2.61. The van der Waals surface area contributed by atoms with Crippen molar-refractivity contribution in [2.75, 3.05) is 33.4 Å². The van der Waals surface area contributed by atoms with Gasteiger partial charge in [-0.15, -0.1) is 0 Å². The van der Waals surface area contributed by atoms with E-state index in [0.717, 1.165) is 0 Å². The monoisotopic (exact) mass is 264 g/mol. The molecule has 0 aliphatic rings. The van der Waals surface area contributed by atoms with Gasteiger partial charge in [0.05, 0.1) is 27.2 Å². The Bertz CT molecular complexity index is 303. The fourth-order valence-corrected chi connectivity index (χ4v) is 1.84. The lowest BCUT2D eigenvalue weighted by atomic mass is 9.89. The molecule has 0 radical (unpaired) electrons. The number of hydrogen-bond donors (Lipinski definition) is 3. The molecule has 0 rings (SSSR count). The van der Waals surface area contributed by atoms with Gasteiger partial charge < -0.3 is 25.2 Å². The summed E-state index contributed by atoms with van der Waals surface area (Å²) in [6, 6.07) is -0.991. The number of carbonyl (C=O) groups excluding carboxylic acids is 2. The highest BCUT2D eigenvalue weighted by atomic mass is 32.1. The van der Waals surface area contributed by atoms with Crippen molar-refractivity contribution in [2.24, 2.45) is 5.73 Å². The number of hydrogen-bond acceptors (Lipinski definition) is 6. The Kier molecular flexibility index (Phi) is 5.60. The van der Waals surface area contributed by atoms with Crippen LogP contribution in [0.1, 0.15) is 6.42 Å². The van der Waals surface area contributed by atoms with Crippen LogP contribution < -0.4 is 10.8 Å². The molecule has 3 N–H and O–H groups in total. The number of nitrogens with two attached hydrogens (primary N) is 1. The van der Waals surface area contributed by atoms with Gasteiger partial charge in [0.1, 0.15) is 6.54 Å². The Labute approximate surface area is 106 Å². The van der Waals surface area contributed by atoms with Gasteiger partial charge in [-0.2, -0.15) is 12.6 Å². The normalized spacial score (nSPS) is 17.3. The van der Waals surface area contributed by atoms with Crippen molar-refractivity contribution in [2.45, 2.75) is 18.1 Å². The van der Waals surface area contributed by atoms with Crippen LogP contribution >= 0.6 is 12.6 Å². The minimum absolute atomic E-state index is 0.0470. The average molecular weight is 264 g/mol. The third kappa shape index (κ3) is 5.49. The Hall–Kier alpha value is -0.630. The molecule has 0 heterocycles. The molecule has 0 aromatic rings. The van der Waals surface area contributed by atoms with Crippen molar-refractivity contribution < 1.29 is 24.3 Å². The number of rotatable bonds is 7. The van der Waals surface area contributed by atoms with Gasteiger partial charge in [0.15, 0.2) is 11.4 Å². The van der Waals surface area contributed by atoms with E-state index in [1.807, 2.05) is 0 Å². The lowest BCUT2D eigenvalue weighted by Crippen LogP contribution is -2.60. The highest BCUT2D eigenvalue weighted by molar-refractivity contribution is 7.80. The zero-order valence-electron chi connectivity index (χ0n) is 10.3. The zero-order chi connectivity index (χ0) is 13.9. The molecule has 0 aromatic heterocycles. The van der Waals surface area contributed by atoms with Crippen LogP contribution in [0.3, 0.4) is 0 Å². The molecule has 0 spiro atoms. The first-order valence-corrected chi connectivity index (χ1v) is 5.78. The first-order chi connectivity index (χ1) is 7.52. The number of Topliss-reactive ketones (excluding diaryl/α,β-unsaturated/α-hetero) is 1. The van der Waals surface area contributed by atoms with E-state index in [0.29, 0.717) is 0 Å². The van der Waals surface area contributed by atoms with E-state index >= 15 is 0 Å². The standard InChI is InChI=1S/C10H20N2O4S/c1-12(2,3)6-10(16,4-8(13)14)9(15)7(11)5-17/h7,16H,4-6,11H2,1-3H3,(H-,13,14,17)/t7-,10+/m0/s1. The van der Waals surface area contributed by atoms with Crippen molar-refractivity contribution in [3.8, 4) is 0 Å². The first-order valence-electron chi connectivity index (χ1n) is 5.15. The van der Waals surface area contributed by atoms with E-state index in [9.17, 15) is 19.8 Å². The maximum Gasteiger partial charge on any atom is 0.188 e. The Morgan fingerprint density at radius 2 is 1.94 bits per heavy atom. The molecule has 100 valence electrons. The molecule has 7 heteroatoms. The summed E-state index contributed by atoms with van der Waals surface area (Å²) in [5, 5.41) is 20.8. The molecule has 0 bridgehead atoms. The molecule has 0 saturated heterocycles. The SMILES string of the molecule is C[N+](C)(C)C[C@](O)(CC(=O)[O-])C(=O)[C@@H](N)CS. The topological polar surface area (TPSA) is 103 Å². The molecule has 0 unspecified atom stereocenters. The predicted molar refractivity (Wildman–Crippen MR) is 64.3 cm³/mol. The van der Waals surface area contributed by atoms with Gasteiger partial charge in [-0.3, -0.25) is 4.79 Å². The summed E-state index contributed by atoms with van der Waals surface area (Å²) >= 11 is 3.86. The van der Waals surface area contributed by atoms with Gasteiger partial charge >= 0.3 is 0 Å². The van der Waals surface area contributed by atoms with Crippen LogP contribution in [-0.2, 0) is 9.59 Å². The van der Waals surface area contributed by atoms with Crippen LogP contribution in [0.25, 0.3) is 0 Å². The Balaban J connectivity index is 5.09. The molecule has 0 aliphatic heterocycles. The summed E-state index contributed by atoms with van der Waals surface area (Å²) in [7, 11) is 5.21. The minimum Gasteiger partial charge on any atom is -0.550 e. The molecule has 6 nitrogen and oxygen atoms in total. The Morgan fingerprint density at radius 3 is 2.24 bits per heavy atom. The summed E-state index contributed by atoms with van der Waals surface area (Å²) in [6.45, 7) is -0.0543. The van der Waals surface area contributed by atoms with Gasteiger partial charge in [-0.1, -0.05) is 0 Å². The molecular weight excluding hydrogens is 244 g/mol. The number of likely N-dealkylation sites (N-methyl/N-ethyl adjacent to an activating group) is 1. The second-order valence-electron chi connectivity index (χ2n) is 5.18. The molecule has 0 saturated carbocycles.